The lowest BCUT2D eigenvalue weighted by atomic mass is 10.00. The Labute approximate surface area is 141 Å². The molecule has 4 rings (SSSR count). The molecule has 0 N–H and O–H groups in total. The van der Waals surface area contributed by atoms with Gasteiger partial charge in [0.15, 0.2) is 5.78 Å². The zero-order valence-electron chi connectivity index (χ0n) is 13.1. The quantitative estimate of drug-likeness (QED) is 0.571. The summed E-state index contributed by atoms with van der Waals surface area (Å²) in [6.45, 7) is 0. The van der Waals surface area contributed by atoms with Crippen molar-refractivity contribution in [2.24, 2.45) is 0 Å². The second-order valence-corrected chi connectivity index (χ2v) is 5.81. The normalized spacial score (nSPS) is 16.6. The van der Waals surface area contributed by atoms with Crippen molar-refractivity contribution in [3.8, 4) is 0 Å². The molecule has 0 atom stereocenters. The van der Waals surface area contributed by atoms with Crippen LogP contribution in [-0.4, -0.2) is 5.78 Å². The number of hydrogen-bond donors (Lipinski definition) is 0. The number of hydrogen-bond acceptors (Lipinski definition) is 1. The van der Waals surface area contributed by atoms with Gasteiger partial charge in [-0.1, -0.05) is 84.9 Å². The smallest absolute Gasteiger partial charge is 0.194 e. The number of allylic oxidation sites excluding steroid dienone is 2. The summed E-state index contributed by atoms with van der Waals surface area (Å²) in [6, 6.07) is 27.9. The number of benzene rings is 3. The van der Waals surface area contributed by atoms with Crippen molar-refractivity contribution in [1.29, 1.82) is 0 Å². The Kier molecular flexibility index (Phi) is 3.68. The summed E-state index contributed by atoms with van der Waals surface area (Å²) in [5.74, 6) is 0.0941. The minimum atomic E-state index is 0.0941. The molecule has 0 radical (unpaired) electrons. The molecule has 1 nitrogen and oxygen atoms in total. The average molecular weight is 308 g/mol. The van der Waals surface area contributed by atoms with Gasteiger partial charge in [-0.15, -0.1) is 0 Å². The number of rotatable bonds is 2. The molecule has 1 aliphatic rings. The number of fused-ring (bicyclic) bond motifs is 1. The molecule has 0 amide bonds. The third kappa shape index (κ3) is 2.61. The van der Waals surface area contributed by atoms with Crippen molar-refractivity contribution in [2.75, 3.05) is 0 Å². The van der Waals surface area contributed by atoms with Crippen LogP contribution in [0.3, 0.4) is 0 Å². The van der Waals surface area contributed by atoms with Crippen molar-refractivity contribution in [3.63, 3.8) is 0 Å². The minimum absolute atomic E-state index is 0.0941. The Morgan fingerprint density at radius 3 is 1.54 bits per heavy atom. The lowest BCUT2D eigenvalue weighted by Gasteiger charge is -2.03. The maximum absolute atomic E-state index is 12.9. The molecule has 0 saturated carbocycles. The van der Waals surface area contributed by atoms with Gasteiger partial charge in [-0.3, -0.25) is 4.79 Å². The average Bonchev–Trinajstić information content (AvgIpc) is 2.90. The van der Waals surface area contributed by atoms with Crippen molar-refractivity contribution in [1.82, 2.24) is 0 Å². The maximum Gasteiger partial charge on any atom is 0.194 e. The standard InChI is InChI=1S/C23H16O/c24-23-20-14-8-7-13-19(20)21(15-17-9-3-1-4-10-17)22(23)16-18-11-5-2-6-12-18/h1-16H. The Hall–Kier alpha value is -3.19. The molecule has 0 aliphatic heterocycles. The van der Waals surface area contributed by atoms with E-state index < -0.39 is 0 Å². The van der Waals surface area contributed by atoms with Crippen molar-refractivity contribution < 1.29 is 4.79 Å². The first-order chi connectivity index (χ1) is 11.8. The van der Waals surface area contributed by atoms with Crippen molar-refractivity contribution in [2.45, 2.75) is 0 Å². The molecule has 1 aliphatic carbocycles. The lowest BCUT2D eigenvalue weighted by Crippen LogP contribution is -1.94. The Morgan fingerprint density at radius 2 is 0.958 bits per heavy atom. The topological polar surface area (TPSA) is 17.1 Å². The highest BCUT2D eigenvalue weighted by atomic mass is 16.1. The second-order valence-electron chi connectivity index (χ2n) is 5.81. The van der Waals surface area contributed by atoms with Crippen molar-refractivity contribution >= 4 is 23.5 Å². The van der Waals surface area contributed by atoms with E-state index in [1.807, 2.05) is 78.9 Å². The van der Waals surface area contributed by atoms with E-state index in [4.69, 9.17) is 0 Å². The molecular formula is C23H16O. The van der Waals surface area contributed by atoms with Gasteiger partial charge in [0.2, 0.25) is 0 Å². The van der Waals surface area contributed by atoms with Gasteiger partial charge in [0.05, 0.1) is 0 Å². The highest BCUT2D eigenvalue weighted by Gasteiger charge is 2.29. The molecule has 0 aromatic heterocycles. The van der Waals surface area contributed by atoms with Gasteiger partial charge in [0.1, 0.15) is 0 Å². The van der Waals surface area contributed by atoms with Crippen LogP contribution in [0.5, 0.6) is 0 Å². The van der Waals surface area contributed by atoms with E-state index in [0.717, 1.165) is 33.4 Å². The van der Waals surface area contributed by atoms with Crippen LogP contribution < -0.4 is 0 Å². The molecular weight excluding hydrogens is 292 g/mol. The second kappa shape index (κ2) is 6.13. The van der Waals surface area contributed by atoms with E-state index in [1.165, 1.54) is 0 Å². The van der Waals surface area contributed by atoms with Crippen LogP contribution in [0.2, 0.25) is 0 Å². The van der Waals surface area contributed by atoms with Gasteiger partial charge in [-0.2, -0.15) is 0 Å². The molecule has 0 unspecified atom stereocenters. The van der Waals surface area contributed by atoms with Gasteiger partial charge in [0.25, 0.3) is 0 Å². The number of ketones is 1. The zero-order valence-corrected chi connectivity index (χ0v) is 13.1. The summed E-state index contributed by atoms with van der Waals surface area (Å²) in [7, 11) is 0. The summed E-state index contributed by atoms with van der Waals surface area (Å²) in [5, 5.41) is 0. The molecule has 0 heterocycles. The predicted octanol–water partition coefficient (Wildman–Crippen LogP) is 5.51. The first-order valence-electron chi connectivity index (χ1n) is 8.01. The van der Waals surface area contributed by atoms with E-state index >= 15 is 0 Å². The highest BCUT2D eigenvalue weighted by Crippen LogP contribution is 2.38. The summed E-state index contributed by atoms with van der Waals surface area (Å²) < 4.78 is 0. The largest absolute Gasteiger partial charge is 0.289 e. The SMILES string of the molecule is O=C1C(=Cc2ccccc2)C(=Cc2ccccc2)c2ccccc21. The molecule has 3 aromatic carbocycles. The van der Waals surface area contributed by atoms with E-state index in [1.54, 1.807) is 0 Å². The number of carbonyl (C=O) groups excluding carboxylic acids is 1. The predicted molar refractivity (Wildman–Crippen MR) is 99.5 cm³/mol. The molecule has 1 heteroatoms. The Bertz CT molecular complexity index is 948. The summed E-state index contributed by atoms with van der Waals surface area (Å²) in [4.78, 5) is 12.9. The summed E-state index contributed by atoms with van der Waals surface area (Å²) in [5.41, 5.74) is 5.66. The molecule has 24 heavy (non-hydrogen) atoms. The fourth-order valence-electron chi connectivity index (χ4n) is 3.06. The van der Waals surface area contributed by atoms with Gasteiger partial charge < -0.3 is 0 Å². The summed E-state index contributed by atoms with van der Waals surface area (Å²) in [6.07, 6.45) is 4.08. The highest BCUT2D eigenvalue weighted by molar-refractivity contribution is 6.30. The van der Waals surface area contributed by atoms with E-state index in [2.05, 4.69) is 18.2 Å². The van der Waals surface area contributed by atoms with Crippen LogP contribution in [-0.2, 0) is 0 Å². The third-order valence-electron chi connectivity index (χ3n) is 4.22. The van der Waals surface area contributed by atoms with Gasteiger partial charge in [0, 0.05) is 11.1 Å². The fourth-order valence-corrected chi connectivity index (χ4v) is 3.06. The maximum atomic E-state index is 12.9. The van der Waals surface area contributed by atoms with Crippen LogP contribution in [0.4, 0.5) is 0 Å². The van der Waals surface area contributed by atoms with Gasteiger partial charge in [-0.25, -0.2) is 0 Å². The molecule has 3 aromatic rings. The number of Topliss-reactive ketones (excluding diaryl/α,β-unsaturated/α-hetero) is 1. The van der Waals surface area contributed by atoms with Gasteiger partial charge >= 0.3 is 0 Å². The summed E-state index contributed by atoms with van der Waals surface area (Å²) >= 11 is 0. The van der Waals surface area contributed by atoms with Crippen LogP contribution in [0.15, 0.2) is 90.5 Å². The molecule has 0 saturated heterocycles. The van der Waals surface area contributed by atoms with Gasteiger partial charge in [-0.05, 0) is 34.4 Å². The van der Waals surface area contributed by atoms with Crippen molar-refractivity contribution in [3.05, 3.63) is 113 Å². The zero-order chi connectivity index (χ0) is 16.4. The Morgan fingerprint density at radius 1 is 0.500 bits per heavy atom. The van der Waals surface area contributed by atoms with E-state index in [9.17, 15) is 4.79 Å². The minimum Gasteiger partial charge on any atom is -0.289 e. The van der Waals surface area contributed by atoms with E-state index in [-0.39, 0.29) is 5.78 Å². The first kappa shape index (κ1) is 14.4. The van der Waals surface area contributed by atoms with Crippen LogP contribution >= 0.6 is 0 Å². The number of carbonyl (C=O) groups is 1. The molecule has 0 fully saturated rings. The monoisotopic (exact) mass is 308 g/mol. The molecule has 0 bridgehead atoms. The molecule has 0 spiro atoms. The van der Waals surface area contributed by atoms with Crippen LogP contribution in [0, 0.1) is 0 Å². The fraction of sp³-hybridized carbons (Fsp3) is 0. The molecule has 114 valence electrons. The Balaban J connectivity index is 1.90. The lowest BCUT2D eigenvalue weighted by molar-refractivity contribution is 0.104. The van der Waals surface area contributed by atoms with Crippen LogP contribution in [0.1, 0.15) is 27.0 Å². The van der Waals surface area contributed by atoms with E-state index in [0.29, 0.717) is 0 Å². The third-order valence-corrected chi connectivity index (χ3v) is 4.22. The first-order valence-corrected chi connectivity index (χ1v) is 8.01. The van der Waals surface area contributed by atoms with Crippen LogP contribution in [0.25, 0.3) is 17.7 Å².